The van der Waals surface area contributed by atoms with Gasteiger partial charge in [-0.2, -0.15) is 0 Å². The first-order chi connectivity index (χ1) is 13.5. The van der Waals surface area contributed by atoms with Crippen LogP contribution in [0.3, 0.4) is 0 Å². The van der Waals surface area contributed by atoms with Gasteiger partial charge in [-0.1, -0.05) is 74.5 Å². The van der Waals surface area contributed by atoms with Gasteiger partial charge >= 0.3 is 6.09 Å². The number of carbonyl (C=O) groups is 2. The number of amides is 2. The number of alkyl carbamates (subject to hydrolysis) is 1. The Hall–Kier alpha value is -2.43. The summed E-state index contributed by atoms with van der Waals surface area (Å²) >= 11 is 0. The van der Waals surface area contributed by atoms with Gasteiger partial charge in [0.05, 0.1) is 5.78 Å². The smallest absolute Gasteiger partial charge is 0.408 e. The van der Waals surface area contributed by atoms with Crippen molar-refractivity contribution >= 4 is 20.8 Å². The molecule has 2 aromatic rings. The number of ether oxygens (including phenoxy) is 1. The van der Waals surface area contributed by atoms with Crippen LogP contribution in [-0.2, 0) is 22.6 Å². The van der Waals surface area contributed by atoms with Gasteiger partial charge in [-0.15, -0.1) is 0 Å². The molecule has 28 heavy (non-hydrogen) atoms. The van der Waals surface area contributed by atoms with E-state index in [-0.39, 0.29) is 24.2 Å². The Morgan fingerprint density at radius 1 is 0.964 bits per heavy atom. The first kappa shape index (κ1) is 21.9. The first-order valence-electron chi connectivity index (χ1n) is 9.20. The van der Waals surface area contributed by atoms with Crippen LogP contribution in [0.25, 0.3) is 0 Å². The van der Waals surface area contributed by atoms with Crippen LogP contribution in [0, 0.1) is 5.92 Å². The molecule has 6 nitrogen and oxygen atoms in total. The van der Waals surface area contributed by atoms with Crippen molar-refractivity contribution in [2.75, 3.05) is 0 Å². The number of hydrogen-bond acceptors (Lipinski definition) is 4. The van der Waals surface area contributed by atoms with Crippen molar-refractivity contribution in [3.05, 3.63) is 71.8 Å². The molecule has 0 aliphatic rings. The Morgan fingerprint density at radius 3 is 2.07 bits per heavy atom. The Bertz CT molecular complexity index is 741. The highest BCUT2D eigenvalue weighted by Crippen LogP contribution is 2.19. The van der Waals surface area contributed by atoms with Crippen molar-refractivity contribution in [2.45, 2.75) is 38.7 Å². The third-order valence-electron chi connectivity index (χ3n) is 4.21. The molecule has 0 radical (unpaired) electrons. The van der Waals surface area contributed by atoms with Crippen LogP contribution in [0.15, 0.2) is 60.7 Å². The van der Waals surface area contributed by atoms with E-state index in [2.05, 4.69) is 10.6 Å². The van der Waals surface area contributed by atoms with Gasteiger partial charge in [0, 0.05) is 15.2 Å². The van der Waals surface area contributed by atoms with E-state index in [0.717, 1.165) is 11.1 Å². The molecule has 0 fully saturated rings. The zero-order chi connectivity index (χ0) is 20.4. The quantitative estimate of drug-likeness (QED) is 0.562. The molecular formula is C21H27N2O4P. The fourth-order valence-corrected chi connectivity index (χ4v) is 3.07. The van der Waals surface area contributed by atoms with Gasteiger partial charge in [-0.05, 0) is 17.0 Å². The molecule has 0 saturated carbocycles. The molecule has 3 N–H and O–H groups in total. The van der Waals surface area contributed by atoms with Crippen molar-refractivity contribution in [3.8, 4) is 0 Å². The molecule has 3 atom stereocenters. The topological polar surface area (TPSA) is 87.7 Å². The van der Waals surface area contributed by atoms with Gasteiger partial charge in [0.2, 0.25) is 5.91 Å². The average Bonchev–Trinajstić information content (AvgIpc) is 2.71. The summed E-state index contributed by atoms with van der Waals surface area (Å²) in [6.07, 6.45) is -0.334. The number of benzene rings is 2. The predicted molar refractivity (Wildman–Crippen MR) is 111 cm³/mol. The van der Waals surface area contributed by atoms with Crippen LogP contribution in [0.2, 0.25) is 0 Å². The minimum absolute atomic E-state index is 0.0784. The van der Waals surface area contributed by atoms with Gasteiger partial charge < -0.3 is 20.3 Å². The third kappa shape index (κ3) is 7.29. The fraction of sp³-hybridized carbons (Fsp3) is 0.333. The molecule has 2 aromatic carbocycles. The monoisotopic (exact) mass is 402 g/mol. The zero-order valence-electron chi connectivity index (χ0n) is 16.1. The SMILES string of the molecule is CC(C)C(NC(=O)C(Cc1ccccc1)NC(=O)OCc1ccccc1)PO. The highest BCUT2D eigenvalue weighted by atomic mass is 31.1. The first-order valence-corrected chi connectivity index (χ1v) is 10.2. The van der Waals surface area contributed by atoms with Crippen molar-refractivity contribution in [3.63, 3.8) is 0 Å². The number of rotatable bonds is 9. The molecule has 0 heterocycles. The Labute approximate surface area is 167 Å². The third-order valence-corrected chi connectivity index (χ3v) is 5.30. The second kappa shape index (κ2) is 11.4. The lowest BCUT2D eigenvalue weighted by Crippen LogP contribution is -2.50. The molecule has 7 heteroatoms. The van der Waals surface area contributed by atoms with Crippen LogP contribution >= 0.6 is 8.81 Å². The van der Waals surface area contributed by atoms with E-state index in [1.165, 1.54) is 0 Å². The predicted octanol–water partition coefficient (Wildman–Crippen LogP) is 3.21. The molecule has 0 bridgehead atoms. The van der Waals surface area contributed by atoms with E-state index < -0.39 is 20.9 Å². The maximum absolute atomic E-state index is 12.7. The van der Waals surface area contributed by atoms with Crippen LogP contribution in [0.5, 0.6) is 0 Å². The summed E-state index contributed by atoms with van der Waals surface area (Å²) < 4.78 is 5.25. The minimum Gasteiger partial charge on any atom is -0.445 e. The summed E-state index contributed by atoms with van der Waals surface area (Å²) in [5.41, 5.74) is 1.78. The van der Waals surface area contributed by atoms with Crippen LogP contribution in [0.4, 0.5) is 4.79 Å². The normalized spacial score (nSPS) is 13.3. The Kier molecular flexibility index (Phi) is 8.92. The Morgan fingerprint density at radius 2 is 1.54 bits per heavy atom. The molecule has 0 aromatic heterocycles. The molecule has 0 spiro atoms. The molecule has 150 valence electrons. The molecule has 2 rings (SSSR count). The summed E-state index contributed by atoms with van der Waals surface area (Å²) in [6, 6.07) is 18.0. The summed E-state index contributed by atoms with van der Waals surface area (Å²) in [5, 5.41) is 5.47. The lowest BCUT2D eigenvalue weighted by Gasteiger charge is -2.24. The fourth-order valence-electron chi connectivity index (χ4n) is 2.57. The molecule has 0 saturated heterocycles. The molecule has 0 aliphatic heterocycles. The van der Waals surface area contributed by atoms with E-state index in [9.17, 15) is 14.5 Å². The van der Waals surface area contributed by atoms with Crippen molar-refractivity contribution in [1.82, 2.24) is 10.6 Å². The summed E-state index contributed by atoms with van der Waals surface area (Å²) in [5.74, 6) is -0.622. The minimum atomic E-state index is -0.803. The largest absolute Gasteiger partial charge is 0.445 e. The number of hydrogen-bond donors (Lipinski definition) is 3. The molecule has 2 amide bonds. The van der Waals surface area contributed by atoms with Gasteiger partial charge in [0.25, 0.3) is 0 Å². The number of nitrogens with one attached hydrogen (secondary N) is 2. The molecular weight excluding hydrogens is 375 g/mol. The van der Waals surface area contributed by atoms with Gasteiger partial charge in [0.15, 0.2) is 0 Å². The Balaban J connectivity index is 2.02. The summed E-state index contributed by atoms with van der Waals surface area (Å²) in [6.45, 7) is 3.96. The summed E-state index contributed by atoms with van der Waals surface area (Å²) in [4.78, 5) is 34.5. The van der Waals surface area contributed by atoms with Crippen molar-refractivity contribution < 1.29 is 19.2 Å². The van der Waals surface area contributed by atoms with Crippen LogP contribution < -0.4 is 10.6 Å². The summed E-state index contributed by atoms with van der Waals surface area (Å²) in [7, 11) is -0.416. The van der Waals surface area contributed by atoms with E-state index in [0.29, 0.717) is 6.42 Å². The van der Waals surface area contributed by atoms with E-state index in [1.54, 1.807) is 0 Å². The highest BCUT2D eigenvalue weighted by molar-refractivity contribution is 7.32. The maximum Gasteiger partial charge on any atom is 0.408 e. The maximum atomic E-state index is 12.7. The van der Waals surface area contributed by atoms with Crippen molar-refractivity contribution in [2.24, 2.45) is 5.92 Å². The second-order valence-electron chi connectivity index (χ2n) is 6.81. The van der Waals surface area contributed by atoms with Crippen LogP contribution in [-0.4, -0.2) is 28.7 Å². The highest BCUT2D eigenvalue weighted by Gasteiger charge is 2.25. The lowest BCUT2D eigenvalue weighted by atomic mass is 10.1. The molecule has 3 unspecified atom stereocenters. The van der Waals surface area contributed by atoms with Crippen LogP contribution in [0.1, 0.15) is 25.0 Å². The van der Waals surface area contributed by atoms with Gasteiger partial charge in [0.1, 0.15) is 12.6 Å². The standard InChI is InChI=1S/C21H27N2O4P/c1-15(2)20(28-26)23-19(24)18(13-16-9-5-3-6-10-16)22-21(25)27-14-17-11-7-4-8-12-17/h3-12,15,18,20,26,28H,13-14H2,1-2H3,(H,22,25)(H,23,24). The van der Waals surface area contributed by atoms with E-state index in [4.69, 9.17) is 4.74 Å². The van der Waals surface area contributed by atoms with E-state index >= 15 is 0 Å². The number of carbonyl (C=O) groups excluding carboxylic acids is 2. The van der Waals surface area contributed by atoms with Crippen molar-refractivity contribution in [1.29, 1.82) is 0 Å². The zero-order valence-corrected chi connectivity index (χ0v) is 17.1. The average molecular weight is 402 g/mol. The van der Waals surface area contributed by atoms with E-state index in [1.807, 2.05) is 74.5 Å². The second-order valence-corrected chi connectivity index (χ2v) is 7.69. The van der Waals surface area contributed by atoms with Gasteiger partial charge in [-0.25, -0.2) is 4.79 Å². The lowest BCUT2D eigenvalue weighted by molar-refractivity contribution is -0.123. The molecule has 0 aliphatic carbocycles. The van der Waals surface area contributed by atoms with Gasteiger partial charge in [-0.3, -0.25) is 4.79 Å².